The molecule has 3 rings (SSSR count). The fourth-order valence-electron chi connectivity index (χ4n) is 3.34. The molecule has 26 heavy (non-hydrogen) atoms. The van der Waals surface area contributed by atoms with E-state index in [1.54, 1.807) is 0 Å². The van der Waals surface area contributed by atoms with Gasteiger partial charge in [0.1, 0.15) is 0 Å². The molecule has 0 unspecified atom stereocenters. The SMILES string of the molecule is OCCCN1Cc2cccc(n2)CN(CCCO)Cc2cccc(n2)C1. The molecule has 140 valence electrons. The molecular weight excluding hydrogens is 328 g/mol. The van der Waals surface area contributed by atoms with Crippen LogP contribution < -0.4 is 0 Å². The standard InChI is InChI=1S/C20H28N4O2/c25-11-3-9-23-13-17-5-1-6-18(21-17)14-24(10-4-12-26)16-20-8-2-7-19(15-23)22-20/h1-2,5-8,25-26H,3-4,9-16H2. The molecule has 0 saturated carbocycles. The van der Waals surface area contributed by atoms with Crippen molar-refractivity contribution in [3.63, 3.8) is 0 Å². The highest BCUT2D eigenvalue weighted by Crippen LogP contribution is 2.14. The first-order valence-corrected chi connectivity index (χ1v) is 9.33. The largest absolute Gasteiger partial charge is 0.396 e. The number of fused-ring (bicyclic) bond motifs is 4. The van der Waals surface area contributed by atoms with E-state index in [1.165, 1.54) is 0 Å². The van der Waals surface area contributed by atoms with Crippen LogP contribution in [0.5, 0.6) is 0 Å². The summed E-state index contributed by atoms with van der Waals surface area (Å²) in [6, 6.07) is 12.4. The zero-order valence-electron chi connectivity index (χ0n) is 15.2. The maximum atomic E-state index is 9.20. The predicted octanol–water partition coefficient (Wildman–Crippen LogP) is 1.56. The molecule has 2 aromatic rings. The van der Waals surface area contributed by atoms with Crippen molar-refractivity contribution in [2.24, 2.45) is 0 Å². The van der Waals surface area contributed by atoms with Crippen molar-refractivity contribution < 1.29 is 10.2 Å². The summed E-state index contributed by atoms with van der Waals surface area (Å²) in [5.41, 5.74) is 4.16. The molecule has 6 nitrogen and oxygen atoms in total. The summed E-state index contributed by atoms with van der Waals surface area (Å²) in [6.07, 6.45) is 1.49. The van der Waals surface area contributed by atoms with Crippen LogP contribution in [0.25, 0.3) is 0 Å². The number of hydrogen-bond donors (Lipinski definition) is 2. The van der Waals surface area contributed by atoms with Gasteiger partial charge in [-0.25, -0.2) is 0 Å². The summed E-state index contributed by atoms with van der Waals surface area (Å²) in [5, 5.41) is 18.4. The van der Waals surface area contributed by atoms with Crippen LogP contribution >= 0.6 is 0 Å². The van der Waals surface area contributed by atoms with Gasteiger partial charge in [0.05, 0.1) is 22.8 Å². The van der Waals surface area contributed by atoms with Crippen LogP contribution in [0.4, 0.5) is 0 Å². The molecule has 2 aromatic heterocycles. The van der Waals surface area contributed by atoms with Gasteiger partial charge < -0.3 is 10.2 Å². The number of hydrogen-bond acceptors (Lipinski definition) is 6. The molecule has 1 aliphatic heterocycles. The van der Waals surface area contributed by atoms with Gasteiger partial charge in [0.25, 0.3) is 0 Å². The van der Waals surface area contributed by atoms with E-state index in [0.717, 1.165) is 74.9 Å². The molecule has 4 bridgehead atoms. The third-order valence-electron chi connectivity index (χ3n) is 4.54. The monoisotopic (exact) mass is 356 g/mol. The van der Waals surface area contributed by atoms with Gasteiger partial charge in [-0.15, -0.1) is 0 Å². The van der Waals surface area contributed by atoms with Crippen LogP contribution in [0.3, 0.4) is 0 Å². The summed E-state index contributed by atoms with van der Waals surface area (Å²) >= 11 is 0. The lowest BCUT2D eigenvalue weighted by molar-refractivity contribution is 0.201. The van der Waals surface area contributed by atoms with Gasteiger partial charge in [0.15, 0.2) is 0 Å². The van der Waals surface area contributed by atoms with Gasteiger partial charge in [0.2, 0.25) is 0 Å². The van der Waals surface area contributed by atoms with Crippen molar-refractivity contribution in [1.29, 1.82) is 0 Å². The number of aliphatic hydroxyl groups excluding tert-OH is 2. The van der Waals surface area contributed by atoms with Crippen LogP contribution in [0.15, 0.2) is 36.4 Å². The lowest BCUT2D eigenvalue weighted by atomic mass is 10.2. The molecule has 1 aliphatic rings. The molecule has 3 heterocycles. The fraction of sp³-hybridized carbons (Fsp3) is 0.500. The van der Waals surface area contributed by atoms with E-state index in [1.807, 2.05) is 0 Å². The number of nitrogens with zero attached hydrogens (tertiary/aromatic N) is 4. The Balaban J connectivity index is 1.88. The third kappa shape index (κ3) is 5.57. The molecule has 0 spiro atoms. The second-order valence-electron chi connectivity index (χ2n) is 6.82. The van der Waals surface area contributed by atoms with E-state index < -0.39 is 0 Å². The van der Waals surface area contributed by atoms with E-state index in [-0.39, 0.29) is 13.2 Å². The topological polar surface area (TPSA) is 72.7 Å². The molecule has 0 aromatic carbocycles. The Hall–Kier alpha value is -1.86. The van der Waals surface area contributed by atoms with Crippen molar-refractivity contribution in [3.8, 4) is 0 Å². The average molecular weight is 356 g/mol. The van der Waals surface area contributed by atoms with Crippen LogP contribution in [0.2, 0.25) is 0 Å². The first-order valence-electron chi connectivity index (χ1n) is 9.33. The Morgan fingerprint density at radius 2 is 1.00 bits per heavy atom. The van der Waals surface area contributed by atoms with E-state index in [0.29, 0.717) is 0 Å². The molecule has 0 saturated heterocycles. The lowest BCUT2D eigenvalue weighted by Gasteiger charge is -2.25. The zero-order chi connectivity index (χ0) is 18.2. The third-order valence-corrected chi connectivity index (χ3v) is 4.54. The Kier molecular flexibility index (Phi) is 7.08. The maximum absolute atomic E-state index is 9.20. The first-order chi connectivity index (χ1) is 12.8. The minimum atomic E-state index is 0.192. The minimum Gasteiger partial charge on any atom is -0.396 e. The van der Waals surface area contributed by atoms with E-state index in [4.69, 9.17) is 9.97 Å². The van der Waals surface area contributed by atoms with Crippen molar-refractivity contribution in [3.05, 3.63) is 59.2 Å². The van der Waals surface area contributed by atoms with Crippen molar-refractivity contribution in [2.75, 3.05) is 26.3 Å². The van der Waals surface area contributed by atoms with Gasteiger partial charge in [-0.3, -0.25) is 19.8 Å². The first kappa shape index (κ1) is 18.9. The summed E-state index contributed by atoms with van der Waals surface area (Å²) in [6.45, 7) is 5.00. The Morgan fingerprint density at radius 1 is 0.654 bits per heavy atom. The van der Waals surface area contributed by atoms with Crippen molar-refractivity contribution >= 4 is 0 Å². The van der Waals surface area contributed by atoms with Crippen LogP contribution in [-0.4, -0.2) is 56.3 Å². The van der Waals surface area contributed by atoms with Crippen LogP contribution in [0.1, 0.15) is 35.6 Å². The molecular formula is C20H28N4O2. The number of rotatable bonds is 6. The Labute approximate surface area is 155 Å². The molecule has 0 aliphatic carbocycles. The normalized spacial score (nSPS) is 16.1. The molecule has 0 amide bonds. The lowest BCUT2D eigenvalue weighted by Crippen LogP contribution is -2.29. The van der Waals surface area contributed by atoms with E-state index in [9.17, 15) is 10.2 Å². The van der Waals surface area contributed by atoms with Crippen LogP contribution in [-0.2, 0) is 26.2 Å². The number of pyridine rings is 2. The minimum absolute atomic E-state index is 0.192. The predicted molar refractivity (Wildman–Crippen MR) is 100 cm³/mol. The van der Waals surface area contributed by atoms with Gasteiger partial charge in [-0.05, 0) is 37.1 Å². The highest BCUT2D eigenvalue weighted by atomic mass is 16.3. The van der Waals surface area contributed by atoms with Gasteiger partial charge in [-0.1, -0.05) is 12.1 Å². The Morgan fingerprint density at radius 3 is 1.31 bits per heavy atom. The highest BCUT2D eigenvalue weighted by Gasteiger charge is 2.14. The molecule has 0 atom stereocenters. The number of aromatic nitrogens is 2. The summed E-state index contributed by atoms with van der Waals surface area (Å²) in [5.74, 6) is 0. The Bertz CT molecular complexity index is 593. The smallest absolute Gasteiger partial charge is 0.0548 e. The number of aliphatic hydroxyl groups is 2. The summed E-state index contributed by atoms with van der Waals surface area (Å²) in [7, 11) is 0. The fourth-order valence-corrected chi connectivity index (χ4v) is 3.34. The zero-order valence-corrected chi connectivity index (χ0v) is 15.2. The molecule has 0 radical (unpaired) electrons. The molecule has 0 fully saturated rings. The van der Waals surface area contributed by atoms with Gasteiger partial charge in [-0.2, -0.15) is 0 Å². The van der Waals surface area contributed by atoms with E-state index >= 15 is 0 Å². The van der Waals surface area contributed by atoms with Crippen molar-refractivity contribution in [2.45, 2.75) is 39.0 Å². The quantitative estimate of drug-likeness (QED) is 0.818. The average Bonchev–Trinajstić information content (AvgIpc) is 2.64. The summed E-state index contributed by atoms with van der Waals surface area (Å²) in [4.78, 5) is 14.2. The molecule has 2 N–H and O–H groups in total. The van der Waals surface area contributed by atoms with E-state index in [2.05, 4.69) is 46.2 Å². The van der Waals surface area contributed by atoms with Gasteiger partial charge >= 0.3 is 0 Å². The van der Waals surface area contributed by atoms with Crippen LogP contribution in [0, 0.1) is 0 Å². The highest BCUT2D eigenvalue weighted by molar-refractivity contribution is 5.15. The van der Waals surface area contributed by atoms with Gasteiger partial charge in [0, 0.05) is 52.5 Å². The molecule has 6 heteroatoms. The second-order valence-corrected chi connectivity index (χ2v) is 6.82. The maximum Gasteiger partial charge on any atom is 0.0548 e. The van der Waals surface area contributed by atoms with Crippen molar-refractivity contribution in [1.82, 2.24) is 19.8 Å². The summed E-state index contributed by atoms with van der Waals surface area (Å²) < 4.78 is 0. The second kappa shape index (κ2) is 9.73.